The van der Waals surface area contributed by atoms with Crippen molar-refractivity contribution in [1.82, 2.24) is 0 Å². The van der Waals surface area contributed by atoms with Gasteiger partial charge in [0.25, 0.3) is 5.91 Å². The van der Waals surface area contributed by atoms with Gasteiger partial charge in [-0.1, -0.05) is 30.0 Å². The Hall–Kier alpha value is -2.32. The second kappa shape index (κ2) is 8.07. The number of thioether (sulfide) groups is 1. The number of benzene rings is 2. The smallest absolute Gasteiger partial charge is 0.252 e. The van der Waals surface area contributed by atoms with Crippen molar-refractivity contribution in [3.8, 4) is 5.75 Å². The largest absolute Gasteiger partial charge is 0.497 e. The van der Waals surface area contributed by atoms with E-state index in [-0.39, 0.29) is 35.1 Å². The lowest BCUT2D eigenvalue weighted by Crippen LogP contribution is -2.37. The fourth-order valence-electron chi connectivity index (χ4n) is 4.02. The summed E-state index contributed by atoms with van der Waals surface area (Å²) in [6.07, 6.45) is 0.183. The normalized spacial score (nSPS) is 23.6. The number of methoxy groups -OCH3 is 1. The van der Waals surface area contributed by atoms with Crippen molar-refractivity contribution in [3.05, 3.63) is 59.2 Å². The first-order valence-corrected chi connectivity index (χ1v) is 12.4. The first-order valence-electron chi connectivity index (χ1n) is 9.73. The van der Waals surface area contributed by atoms with Gasteiger partial charge in [0.2, 0.25) is 0 Å². The number of anilines is 1. The molecule has 2 atom stereocenters. The van der Waals surface area contributed by atoms with Crippen LogP contribution in [0.4, 0.5) is 5.69 Å². The Labute approximate surface area is 181 Å². The number of sulfone groups is 1. The monoisotopic (exact) mass is 444 g/mol. The van der Waals surface area contributed by atoms with Crippen molar-refractivity contribution < 1.29 is 17.9 Å². The number of hydrogen-bond donors (Lipinski definition) is 0. The summed E-state index contributed by atoms with van der Waals surface area (Å²) in [7, 11) is -1.49. The van der Waals surface area contributed by atoms with Crippen molar-refractivity contribution in [2.24, 2.45) is 4.99 Å². The van der Waals surface area contributed by atoms with Crippen molar-refractivity contribution in [2.45, 2.75) is 31.6 Å². The van der Waals surface area contributed by atoms with Gasteiger partial charge in [-0.2, -0.15) is 4.99 Å². The number of amidine groups is 1. The van der Waals surface area contributed by atoms with E-state index in [9.17, 15) is 13.2 Å². The number of carbonyl (C=O) groups is 1. The zero-order valence-electron chi connectivity index (χ0n) is 17.2. The Balaban J connectivity index is 1.63. The molecule has 30 heavy (non-hydrogen) atoms. The van der Waals surface area contributed by atoms with Gasteiger partial charge in [-0.15, -0.1) is 0 Å². The lowest BCUT2D eigenvalue weighted by atomic mass is 10.1. The number of rotatable bonds is 4. The average Bonchev–Trinajstić information content (AvgIpc) is 3.12. The van der Waals surface area contributed by atoms with Gasteiger partial charge in [0.15, 0.2) is 15.0 Å². The molecule has 158 valence electrons. The van der Waals surface area contributed by atoms with E-state index in [0.29, 0.717) is 5.17 Å². The summed E-state index contributed by atoms with van der Waals surface area (Å²) in [5, 5.41) is 0.478. The zero-order valence-corrected chi connectivity index (χ0v) is 18.8. The Morgan fingerprint density at radius 3 is 2.43 bits per heavy atom. The number of fused-ring (bicyclic) bond motifs is 1. The zero-order chi connectivity index (χ0) is 21.5. The highest BCUT2D eigenvalue weighted by atomic mass is 32.2. The molecule has 0 N–H and O–H groups in total. The maximum atomic E-state index is 12.7. The summed E-state index contributed by atoms with van der Waals surface area (Å²) >= 11 is 1.40. The number of nitrogens with zero attached hydrogens (tertiary/aromatic N) is 2. The lowest BCUT2D eigenvalue weighted by Gasteiger charge is -2.25. The molecular weight excluding hydrogens is 420 g/mol. The quantitative estimate of drug-likeness (QED) is 0.721. The molecule has 4 rings (SSSR count). The lowest BCUT2D eigenvalue weighted by molar-refractivity contribution is -0.117. The molecule has 2 aliphatic rings. The van der Waals surface area contributed by atoms with Crippen molar-refractivity contribution in [3.63, 3.8) is 0 Å². The summed E-state index contributed by atoms with van der Waals surface area (Å²) in [4.78, 5) is 19.1. The van der Waals surface area contributed by atoms with Crippen LogP contribution in [0.5, 0.6) is 5.75 Å². The highest BCUT2D eigenvalue weighted by molar-refractivity contribution is 8.16. The molecule has 0 aromatic heterocycles. The van der Waals surface area contributed by atoms with E-state index in [4.69, 9.17) is 4.74 Å². The first kappa shape index (κ1) is 20.9. The third-order valence-electron chi connectivity index (χ3n) is 5.29. The number of amides is 1. The Kier molecular flexibility index (Phi) is 5.63. The average molecular weight is 445 g/mol. The number of aryl methyl sites for hydroxylation is 2. The van der Waals surface area contributed by atoms with E-state index in [0.717, 1.165) is 28.1 Å². The van der Waals surface area contributed by atoms with E-state index in [1.807, 2.05) is 55.1 Å². The number of aliphatic imine (C=N–C) groups is 1. The molecule has 0 radical (unpaired) electrons. The van der Waals surface area contributed by atoms with E-state index in [1.54, 1.807) is 7.11 Å². The van der Waals surface area contributed by atoms with Crippen LogP contribution in [0.15, 0.2) is 47.5 Å². The van der Waals surface area contributed by atoms with E-state index >= 15 is 0 Å². The summed E-state index contributed by atoms with van der Waals surface area (Å²) in [5.41, 5.74) is 3.92. The molecule has 2 saturated heterocycles. The molecule has 2 aliphatic heterocycles. The number of carbonyl (C=O) groups excluding carboxylic acids is 1. The molecule has 2 fully saturated rings. The van der Waals surface area contributed by atoms with Crippen LogP contribution in [0.3, 0.4) is 0 Å². The summed E-state index contributed by atoms with van der Waals surface area (Å²) < 4.78 is 29.6. The van der Waals surface area contributed by atoms with Crippen molar-refractivity contribution in [2.75, 3.05) is 23.5 Å². The molecule has 0 saturated carbocycles. The maximum absolute atomic E-state index is 12.7. The van der Waals surface area contributed by atoms with Crippen LogP contribution in [0, 0.1) is 13.8 Å². The molecule has 6 nitrogen and oxygen atoms in total. The Bertz CT molecular complexity index is 1090. The van der Waals surface area contributed by atoms with Crippen molar-refractivity contribution in [1.29, 1.82) is 0 Å². The molecular formula is C22H24N2O4S2. The first-order chi connectivity index (χ1) is 14.2. The maximum Gasteiger partial charge on any atom is 0.252 e. The molecule has 0 bridgehead atoms. The topological polar surface area (TPSA) is 76.0 Å². The van der Waals surface area contributed by atoms with Gasteiger partial charge < -0.3 is 9.64 Å². The molecule has 0 aliphatic carbocycles. The molecule has 0 spiro atoms. The second-order valence-electron chi connectivity index (χ2n) is 7.83. The molecule has 2 aromatic rings. The fourth-order valence-corrected chi connectivity index (χ4v) is 7.95. The fraction of sp³-hybridized carbons (Fsp3) is 0.364. The molecule has 1 amide bonds. The summed E-state index contributed by atoms with van der Waals surface area (Å²) in [5.74, 6) is 0.692. The van der Waals surface area contributed by atoms with Crippen LogP contribution in [0.2, 0.25) is 0 Å². The summed E-state index contributed by atoms with van der Waals surface area (Å²) in [6, 6.07) is 13.2. The SMILES string of the molecule is COc1ccc(CC(=O)N=C2S[C@H]3CS(=O)(=O)C[C@@H]3N2c2cc(C)cc(C)c2)cc1. The van der Waals surface area contributed by atoms with Crippen LogP contribution in [-0.2, 0) is 21.1 Å². The minimum absolute atomic E-state index is 0.0867. The van der Waals surface area contributed by atoms with E-state index in [2.05, 4.69) is 11.1 Å². The van der Waals surface area contributed by atoms with Crippen LogP contribution < -0.4 is 9.64 Å². The minimum atomic E-state index is -3.09. The Morgan fingerprint density at radius 2 is 1.80 bits per heavy atom. The van der Waals surface area contributed by atoms with Gasteiger partial charge in [-0.25, -0.2) is 8.42 Å². The van der Waals surface area contributed by atoms with Crippen LogP contribution in [0.1, 0.15) is 16.7 Å². The third-order valence-corrected chi connectivity index (χ3v) is 8.50. The van der Waals surface area contributed by atoms with Gasteiger partial charge in [-0.3, -0.25) is 4.79 Å². The van der Waals surface area contributed by atoms with Crippen molar-refractivity contribution >= 4 is 38.4 Å². The van der Waals surface area contributed by atoms with Gasteiger partial charge in [0.1, 0.15) is 5.75 Å². The minimum Gasteiger partial charge on any atom is -0.497 e. The van der Waals surface area contributed by atoms with Crippen LogP contribution in [0.25, 0.3) is 0 Å². The number of hydrogen-bond acceptors (Lipinski definition) is 5. The predicted molar refractivity (Wildman–Crippen MR) is 121 cm³/mol. The Morgan fingerprint density at radius 1 is 1.13 bits per heavy atom. The highest BCUT2D eigenvalue weighted by Gasteiger charge is 2.49. The standard InChI is InChI=1S/C22H24N2O4S2/c1-14-8-15(2)10-17(9-14)24-19-12-30(26,27)13-20(19)29-22(24)23-21(25)11-16-4-6-18(28-3)7-5-16/h4-10,19-20H,11-13H2,1-3H3/t19-,20-/m0/s1. The van der Waals surface area contributed by atoms with Crippen LogP contribution >= 0.6 is 11.8 Å². The molecule has 2 heterocycles. The van der Waals surface area contributed by atoms with E-state index < -0.39 is 9.84 Å². The highest BCUT2D eigenvalue weighted by Crippen LogP contribution is 2.41. The van der Waals surface area contributed by atoms with Gasteiger partial charge in [-0.05, 0) is 54.8 Å². The second-order valence-corrected chi connectivity index (χ2v) is 11.2. The van der Waals surface area contributed by atoms with Gasteiger partial charge in [0.05, 0.1) is 31.1 Å². The predicted octanol–water partition coefficient (Wildman–Crippen LogP) is 3.16. The number of ether oxygens (including phenoxy) is 1. The van der Waals surface area contributed by atoms with Gasteiger partial charge >= 0.3 is 0 Å². The summed E-state index contributed by atoms with van der Waals surface area (Å²) in [6.45, 7) is 4.02. The van der Waals surface area contributed by atoms with Crippen LogP contribution in [-0.4, -0.2) is 49.4 Å². The van der Waals surface area contributed by atoms with Gasteiger partial charge in [0, 0.05) is 10.9 Å². The molecule has 8 heteroatoms. The van der Waals surface area contributed by atoms with E-state index in [1.165, 1.54) is 11.8 Å². The molecule has 2 aromatic carbocycles. The molecule has 0 unspecified atom stereocenters. The third kappa shape index (κ3) is 4.39.